The van der Waals surface area contributed by atoms with Crippen LogP contribution in [-0.4, -0.2) is 23.6 Å². The van der Waals surface area contributed by atoms with Crippen molar-refractivity contribution in [3.05, 3.63) is 41.2 Å². The van der Waals surface area contributed by atoms with Gasteiger partial charge in [0.25, 0.3) is 16.0 Å². The fourth-order valence-electron chi connectivity index (χ4n) is 1.33. The summed E-state index contributed by atoms with van der Waals surface area (Å²) in [6.07, 6.45) is 2.67. The largest absolute Gasteiger partial charge is 0.326 e. The first-order valence-corrected chi connectivity index (χ1v) is 7.04. The van der Waals surface area contributed by atoms with E-state index in [1.54, 1.807) is 6.07 Å². The molecule has 0 saturated carbocycles. The lowest BCUT2D eigenvalue weighted by molar-refractivity contribution is 0.600. The summed E-state index contributed by atoms with van der Waals surface area (Å²) >= 11 is 5.92. The van der Waals surface area contributed by atoms with E-state index < -0.39 is 10.0 Å². The van der Waals surface area contributed by atoms with Gasteiger partial charge >= 0.3 is 0 Å². The molecule has 1 heterocycles. The summed E-state index contributed by atoms with van der Waals surface area (Å²) in [6.45, 7) is 0.234. The Balaban J connectivity index is 2.32. The lowest BCUT2D eigenvalue weighted by Crippen LogP contribution is -2.15. The molecule has 9 heteroatoms. The number of nitrogens with two attached hydrogens (primary N) is 1. The molecule has 2 rings (SSSR count). The van der Waals surface area contributed by atoms with E-state index in [-0.39, 0.29) is 22.4 Å². The van der Waals surface area contributed by atoms with Crippen LogP contribution in [0.2, 0.25) is 5.02 Å². The number of hydrogen-bond acceptors (Lipinski definition) is 6. The molecule has 1 aromatic heterocycles. The van der Waals surface area contributed by atoms with Crippen molar-refractivity contribution in [1.82, 2.24) is 15.2 Å². The molecule has 0 spiro atoms. The van der Waals surface area contributed by atoms with Crippen molar-refractivity contribution in [2.24, 2.45) is 5.73 Å². The normalized spacial score (nSPS) is 11.3. The maximum absolute atomic E-state index is 12.0. The number of hydrogen-bond donors (Lipinski definition) is 2. The molecule has 0 amide bonds. The molecule has 7 nitrogen and oxygen atoms in total. The van der Waals surface area contributed by atoms with Gasteiger partial charge in [0.1, 0.15) is 0 Å². The van der Waals surface area contributed by atoms with Gasteiger partial charge in [-0.3, -0.25) is 0 Å². The zero-order valence-electron chi connectivity index (χ0n) is 9.62. The molecule has 1 aromatic carbocycles. The predicted octanol–water partition coefficient (Wildman–Crippen LogP) is 0.784. The maximum Gasteiger partial charge on any atom is 0.264 e. The molecule has 0 aliphatic carbocycles. The molecule has 2 aromatic rings. The molecule has 0 radical (unpaired) electrons. The Morgan fingerprint density at radius 1 is 1.32 bits per heavy atom. The Morgan fingerprint density at radius 3 is 2.68 bits per heavy atom. The number of halogens is 1. The Kier molecular flexibility index (Phi) is 3.93. The lowest BCUT2D eigenvalue weighted by Gasteiger charge is -2.07. The highest BCUT2D eigenvalue weighted by Gasteiger charge is 2.16. The standard InChI is InChI=1S/C10H10ClN5O2S/c11-9-5-8(2-1-7(9)6-12)19(17,18)16-10-13-3-4-14-15-10/h1-5H,6,12H2,(H,13,15,16). The van der Waals surface area contributed by atoms with Crippen LogP contribution >= 0.6 is 11.6 Å². The van der Waals surface area contributed by atoms with Gasteiger partial charge in [-0.1, -0.05) is 17.7 Å². The number of nitrogens with zero attached hydrogens (tertiary/aromatic N) is 3. The van der Waals surface area contributed by atoms with Gasteiger partial charge in [-0.15, -0.1) is 5.10 Å². The number of nitrogens with one attached hydrogen (secondary N) is 1. The second-order valence-corrected chi connectivity index (χ2v) is 5.62. The van der Waals surface area contributed by atoms with Crippen molar-refractivity contribution in [3.8, 4) is 0 Å². The summed E-state index contributed by atoms with van der Waals surface area (Å²) < 4.78 is 26.3. The average molecular weight is 300 g/mol. The van der Waals surface area contributed by atoms with Crippen LogP contribution < -0.4 is 10.5 Å². The van der Waals surface area contributed by atoms with Crippen molar-refractivity contribution in [3.63, 3.8) is 0 Å². The van der Waals surface area contributed by atoms with Crippen LogP contribution in [0.25, 0.3) is 0 Å². The maximum atomic E-state index is 12.0. The third-order valence-corrected chi connectivity index (χ3v) is 3.94. The number of rotatable bonds is 4. The summed E-state index contributed by atoms with van der Waals surface area (Å²) in [5.41, 5.74) is 6.12. The first-order chi connectivity index (χ1) is 9.03. The van der Waals surface area contributed by atoms with Crippen molar-refractivity contribution >= 4 is 27.6 Å². The van der Waals surface area contributed by atoms with Crippen LogP contribution in [0.15, 0.2) is 35.5 Å². The van der Waals surface area contributed by atoms with E-state index in [9.17, 15) is 8.42 Å². The minimum absolute atomic E-state index is 0.00199. The topological polar surface area (TPSA) is 111 Å². The molecule has 0 aliphatic rings. The van der Waals surface area contributed by atoms with E-state index in [2.05, 4.69) is 19.9 Å². The number of anilines is 1. The minimum Gasteiger partial charge on any atom is -0.326 e. The molecular formula is C10H10ClN5O2S. The molecule has 19 heavy (non-hydrogen) atoms. The van der Waals surface area contributed by atoms with Gasteiger partial charge < -0.3 is 5.73 Å². The van der Waals surface area contributed by atoms with E-state index in [0.717, 1.165) is 0 Å². The zero-order valence-corrected chi connectivity index (χ0v) is 11.2. The van der Waals surface area contributed by atoms with Crippen molar-refractivity contribution in [1.29, 1.82) is 0 Å². The van der Waals surface area contributed by atoms with Crippen molar-refractivity contribution < 1.29 is 8.42 Å². The van der Waals surface area contributed by atoms with Gasteiger partial charge in [0, 0.05) is 11.6 Å². The summed E-state index contributed by atoms with van der Waals surface area (Å²) in [7, 11) is -3.80. The molecule has 100 valence electrons. The van der Waals surface area contributed by atoms with E-state index >= 15 is 0 Å². The fourth-order valence-corrected chi connectivity index (χ4v) is 2.63. The molecule has 3 N–H and O–H groups in total. The minimum atomic E-state index is -3.80. The highest BCUT2D eigenvalue weighted by atomic mass is 35.5. The highest BCUT2D eigenvalue weighted by molar-refractivity contribution is 7.92. The SMILES string of the molecule is NCc1ccc(S(=O)(=O)Nc2nccnn2)cc1Cl. The number of sulfonamides is 1. The van der Waals surface area contributed by atoms with E-state index in [0.29, 0.717) is 5.56 Å². The summed E-state index contributed by atoms with van der Waals surface area (Å²) in [5.74, 6) is -0.110. The molecule has 0 bridgehead atoms. The van der Waals surface area contributed by atoms with Crippen LogP contribution in [0.3, 0.4) is 0 Å². The Morgan fingerprint density at radius 2 is 2.11 bits per heavy atom. The molecule has 0 atom stereocenters. The van der Waals surface area contributed by atoms with E-state index in [1.165, 1.54) is 24.5 Å². The average Bonchev–Trinajstić information content (AvgIpc) is 2.39. The second-order valence-electron chi connectivity index (χ2n) is 3.53. The summed E-state index contributed by atoms with van der Waals surface area (Å²) in [4.78, 5) is 3.73. The summed E-state index contributed by atoms with van der Waals surface area (Å²) in [6, 6.07) is 4.29. The lowest BCUT2D eigenvalue weighted by atomic mass is 10.2. The van der Waals surface area contributed by atoms with Gasteiger partial charge in [-0.2, -0.15) is 5.10 Å². The van der Waals surface area contributed by atoms with Gasteiger partial charge in [0.05, 0.1) is 17.3 Å². The Hall–Kier alpha value is -1.77. The summed E-state index contributed by atoms with van der Waals surface area (Å²) in [5, 5.41) is 7.36. The Labute approximate surface area is 114 Å². The zero-order chi connectivity index (χ0) is 13.9. The molecular weight excluding hydrogens is 290 g/mol. The fraction of sp³-hybridized carbons (Fsp3) is 0.100. The molecule has 0 saturated heterocycles. The number of aromatic nitrogens is 3. The van der Waals surface area contributed by atoms with Crippen molar-refractivity contribution in [2.45, 2.75) is 11.4 Å². The van der Waals surface area contributed by atoms with Gasteiger partial charge in [-0.05, 0) is 17.7 Å². The van der Waals surface area contributed by atoms with Crippen LogP contribution in [0.4, 0.5) is 5.95 Å². The van der Waals surface area contributed by atoms with Crippen LogP contribution in [0, 0.1) is 0 Å². The van der Waals surface area contributed by atoms with Gasteiger partial charge in [-0.25, -0.2) is 18.1 Å². The van der Waals surface area contributed by atoms with Crippen molar-refractivity contribution in [2.75, 3.05) is 4.72 Å². The second kappa shape index (κ2) is 5.47. The smallest absolute Gasteiger partial charge is 0.264 e. The van der Waals surface area contributed by atoms with Crippen LogP contribution in [-0.2, 0) is 16.6 Å². The molecule has 0 unspecified atom stereocenters. The highest BCUT2D eigenvalue weighted by Crippen LogP contribution is 2.21. The van der Waals surface area contributed by atoms with E-state index in [1.807, 2.05) is 0 Å². The van der Waals surface area contributed by atoms with Gasteiger partial charge in [0.2, 0.25) is 0 Å². The van der Waals surface area contributed by atoms with Crippen LogP contribution in [0.5, 0.6) is 0 Å². The monoisotopic (exact) mass is 299 g/mol. The van der Waals surface area contributed by atoms with Gasteiger partial charge in [0.15, 0.2) is 0 Å². The van der Waals surface area contributed by atoms with Crippen LogP contribution in [0.1, 0.15) is 5.56 Å². The Bertz CT molecular complexity index is 678. The third-order valence-electron chi connectivity index (χ3n) is 2.26. The van der Waals surface area contributed by atoms with E-state index in [4.69, 9.17) is 17.3 Å². The third kappa shape index (κ3) is 3.16. The number of benzene rings is 1. The first kappa shape index (κ1) is 13.7. The molecule has 0 aliphatic heterocycles. The quantitative estimate of drug-likeness (QED) is 0.863. The first-order valence-electron chi connectivity index (χ1n) is 5.18. The predicted molar refractivity (Wildman–Crippen MR) is 70.0 cm³/mol. The molecule has 0 fully saturated rings.